The van der Waals surface area contributed by atoms with E-state index in [0.717, 1.165) is 75.7 Å². The number of hydrogen-bond donors (Lipinski definition) is 1. The fraction of sp³-hybridized carbons (Fsp3) is 0.636. The Kier molecular flexibility index (Phi) is 5.43. The summed E-state index contributed by atoms with van der Waals surface area (Å²) in [5.41, 5.74) is 1.11. The molecular formula is C22H31N5OS. The number of benzene rings is 1. The summed E-state index contributed by atoms with van der Waals surface area (Å²) in [6, 6.07) is 8.36. The Hall–Kier alpha value is -1.73. The number of piperazine rings is 1. The van der Waals surface area contributed by atoms with Crippen LogP contribution >= 0.6 is 11.8 Å². The third kappa shape index (κ3) is 3.75. The van der Waals surface area contributed by atoms with Crippen molar-refractivity contribution in [3.63, 3.8) is 0 Å². The van der Waals surface area contributed by atoms with E-state index in [4.69, 9.17) is 0 Å². The minimum Gasteiger partial charge on any atom is -0.352 e. The van der Waals surface area contributed by atoms with Crippen LogP contribution in [0, 0.1) is 0 Å². The first-order valence-electron chi connectivity index (χ1n) is 11.1. The number of H-pyrrole nitrogens is 1. The fourth-order valence-electron chi connectivity index (χ4n) is 5.09. The number of aromatic amines is 1. The van der Waals surface area contributed by atoms with Gasteiger partial charge in [-0.1, -0.05) is 25.0 Å². The Morgan fingerprint density at radius 1 is 1.03 bits per heavy atom. The third-order valence-electron chi connectivity index (χ3n) is 6.86. The van der Waals surface area contributed by atoms with Crippen LogP contribution in [0.25, 0.3) is 10.9 Å². The summed E-state index contributed by atoms with van der Waals surface area (Å²) in [6.07, 6.45) is 6.95. The molecular weight excluding hydrogens is 382 g/mol. The molecule has 3 heterocycles. The number of carbonyl (C=O) groups excluding carboxylic acids is 1. The molecule has 3 aliphatic rings. The highest BCUT2D eigenvalue weighted by Crippen LogP contribution is 2.47. The van der Waals surface area contributed by atoms with Gasteiger partial charge < -0.3 is 9.80 Å². The van der Waals surface area contributed by atoms with Crippen LogP contribution in [0.1, 0.15) is 38.5 Å². The molecule has 0 radical (unpaired) electrons. The minimum atomic E-state index is -0.0350. The number of hydrogen-bond acceptors (Lipinski definition) is 5. The molecule has 5 rings (SSSR count). The summed E-state index contributed by atoms with van der Waals surface area (Å²) in [7, 11) is 0. The molecule has 2 aliphatic heterocycles. The number of nitrogens with one attached hydrogen (secondary N) is 1. The Morgan fingerprint density at radius 2 is 1.79 bits per heavy atom. The van der Waals surface area contributed by atoms with Crippen LogP contribution in [0.2, 0.25) is 0 Å². The normalized spacial score (nSPS) is 22.4. The molecule has 0 unspecified atom stereocenters. The number of thioether (sulfide) groups is 1. The molecule has 0 bridgehead atoms. The SMILES string of the molecule is O=C1N(CCCCN2CCN(c3n[nH]c4ccccc34)CC2)CSC12CCCC2. The molecule has 1 saturated carbocycles. The molecule has 6 nitrogen and oxygen atoms in total. The van der Waals surface area contributed by atoms with Gasteiger partial charge in [0.05, 0.1) is 16.1 Å². The summed E-state index contributed by atoms with van der Waals surface area (Å²) in [6.45, 7) is 6.30. The maximum atomic E-state index is 12.7. The lowest BCUT2D eigenvalue weighted by atomic mass is 10.1. The summed E-state index contributed by atoms with van der Waals surface area (Å²) >= 11 is 1.91. The molecule has 156 valence electrons. The topological polar surface area (TPSA) is 55.5 Å². The molecule has 1 spiro atoms. The highest BCUT2D eigenvalue weighted by Gasteiger charge is 2.48. The van der Waals surface area contributed by atoms with Crippen molar-refractivity contribution >= 4 is 34.4 Å². The summed E-state index contributed by atoms with van der Waals surface area (Å²) in [5, 5.41) is 8.91. The second-order valence-electron chi connectivity index (χ2n) is 8.67. The smallest absolute Gasteiger partial charge is 0.239 e. The van der Waals surface area contributed by atoms with E-state index < -0.39 is 0 Å². The first-order chi connectivity index (χ1) is 14.3. The van der Waals surface area contributed by atoms with E-state index >= 15 is 0 Å². The van der Waals surface area contributed by atoms with Crippen LogP contribution in [-0.2, 0) is 4.79 Å². The van der Waals surface area contributed by atoms with Gasteiger partial charge in [0.2, 0.25) is 5.91 Å². The van der Waals surface area contributed by atoms with Crippen molar-refractivity contribution in [1.29, 1.82) is 0 Å². The molecule has 1 aromatic carbocycles. The number of anilines is 1. The summed E-state index contributed by atoms with van der Waals surface area (Å²) < 4.78 is -0.0350. The molecule has 1 N–H and O–H groups in total. The molecule has 2 saturated heterocycles. The highest BCUT2D eigenvalue weighted by atomic mass is 32.2. The standard InChI is InChI=1S/C22H31N5OS/c28-21-22(9-3-4-10-22)29-17-27(21)12-6-5-11-25-13-15-26(16-14-25)20-18-7-1-2-8-19(18)23-24-20/h1-2,7-8H,3-6,9-17H2,(H,23,24). The zero-order valence-electron chi connectivity index (χ0n) is 17.1. The van der Waals surface area contributed by atoms with Crippen LogP contribution in [0.3, 0.4) is 0 Å². The van der Waals surface area contributed by atoms with Crippen LogP contribution < -0.4 is 4.90 Å². The number of fused-ring (bicyclic) bond motifs is 1. The minimum absolute atomic E-state index is 0.0350. The Balaban J connectivity index is 1.04. The van der Waals surface area contributed by atoms with Crippen molar-refractivity contribution in [3.05, 3.63) is 24.3 Å². The number of rotatable bonds is 6. The molecule has 29 heavy (non-hydrogen) atoms. The zero-order chi connectivity index (χ0) is 19.7. The molecule has 1 amide bonds. The van der Waals surface area contributed by atoms with Crippen molar-refractivity contribution in [2.24, 2.45) is 0 Å². The Labute approximate surface area is 177 Å². The number of aromatic nitrogens is 2. The monoisotopic (exact) mass is 413 g/mol. The van der Waals surface area contributed by atoms with E-state index in [-0.39, 0.29) is 4.75 Å². The van der Waals surface area contributed by atoms with Crippen molar-refractivity contribution in [2.45, 2.75) is 43.3 Å². The van der Waals surface area contributed by atoms with Gasteiger partial charge in [0, 0.05) is 38.1 Å². The predicted octanol–water partition coefficient (Wildman–Crippen LogP) is 3.31. The van der Waals surface area contributed by atoms with E-state index in [1.165, 1.54) is 24.6 Å². The Morgan fingerprint density at radius 3 is 2.62 bits per heavy atom. The molecule has 3 fully saturated rings. The van der Waals surface area contributed by atoms with Gasteiger partial charge in [0.25, 0.3) is 0 Å². The second-order valence-corrected chi connectivity index (χ2v) is 10.0. The van der Waals surface area contributed by atoms with Crippen molar-refractivity contribution in [2.75, 3.05) is 50.0 Å². The maximum absolute atomic E-state index is 12.7. The van der Waals surface area contributed by atoms with Crippen molar-refractivity contribution in [1.82, 2.24) is 20.0 Å². The number of para-hydroxylation sites is 1. The fourth-order valence-corrected chi connectivity index (χ4v) is 6.57. The predicted molar refractivity (Wildman–Crippen MR) is 119 cm³/mol. The van der Waals surface area contributed by atoms with Crippen LogP contribution in [0.4, 0.5) is 5.82 Å². The molecule has 2 aromatic rings. The van der Waals surface area contributed by atoms with E-state index in [0.29, 0.717) is 5.91 Å². The third-order valence-corrected chi connectivity index (χ3v) is 8.44. The van der Waals surface area contributed by atoms with Gasteiger partial charge in [-0.2, -0.15) is 5.10 Å². The highest BCUT2D eigenvalue weighted by molar-refractivity contribution is 8.01. The first kappa shape index (κ1) is 19.2. The average Bonchev–Trinajstić information content (AvgIpc) is 3.48. The summed E-state index contributed by atoms with van der Waals surface area (Å²) in [4.78, 5) is 19.8. The molecule has 0 atom stereocenters. The van der Waals surface area contributed by atoms with E-state index in [9.17, 15) is 4.79 Å². The quantitative estimate of drug-likeness (QED) is 0.737. The van der Waals surface area contributed by atoms with Gasteiger partial charge in [0.1, 0.15) is 0 Å². The first-order valence-corrected chi connectivity index (χ1v) is 12.1. The van der Waals surface area contributed by atoms with Crippen LogP contribution in [0.15, 0.2) is 24.3 Å². The number of carbonyl (C=O) groups is 1. The Bertz CT molecular complexity index is 854. The lowest BCUT2D eigenvalue weighted by Gasteiger charge is -2.35. The van der Waals surface area contributed by atoms with E-state index in [1.54, 1.807) is 0 Å². The van der Waals surface area contributed by atoms with E-state index in [2.05, 4.69) is 43.1 Å². The van der Waals surface area contributed by atoms with Gasteiger partial charge in [0.15, 0.2) is 5.82 Å². The zero-order valence-corrected chi connectivity index (χ0v) is 17.9. The number of nitrogens with zero attached hydrogens (tertiary/aromatic N) is 4. The van der Waals surface area contributed by atoms with Gasteiger partial charge in [-0.25, -0.2) is 0 Å². The lowest BCUT2D eigenvalue weighted by molar-refractivity contribution is -0.131. The van der Waals surface area contributed by atoms with Crippen LogP contribution in [0.5, 0.6) is 0 Å². The number of unbranched alkanes of at least 4 members (excludes halogenated alkanes) is 1. The van der Waals surface area contributed by atoms with Gasteiger partial charge in [-0.05, 0) is 44.4 Å². The average molecular weight is 414 g/mol. The molecule has 1 aromatic heterocycles. The summed E-state index contributed by atoms with van der Waals surface area (Å²) in [5.74, 6) is 2.43. The van der Waals surface area contributed by atoms with E-state index in [1.807, 2.05) is 17.8 Å². The van der Waals surface area contributed by atoms with Gasteiger partial charge in [-0.3, -0.25) is 14.8 Å². The molecule has 7 heteroatoms. The van der Waals surface area contributed by atoms with Crippen molar-refractivity contribution < 1.29 is 4.79 Å². The maximum Gasteiger partial charge on any atom is 0.239 e. The second kappa shape index (κ2) is 8.19. The van der Waals surface area contributed by atoms with Gasteiger partial charge in [-0.15, -0.1) is 11.8 Å². The number of amides is 1. The largest absolute Gasteiger partial charge is 0.352 e. The van der Waals surface area contributed by atoms with Crippen LogP contribution in [-0.4, -0.2) is 75.8 Å². The van der Waals surface area contributed by atoms with Gasteiger partial charge >= 0.3 is 0 Å². The lowest BCUT2D eigenvalue weighted by Crippen LogP contribution is -2.47. The van der Waals surface area contributed by atoms with Crippen molar-refractivity contribution in [3.8, 4) is 0 Å². The molecule has 1 aliphatic carbocycles.